The number of carbonyl (C=O) groups is 2. The molecule has 0 unspecified atom stereocenters. The molecular weight excluding hydrogens is 536 g/mol. The summed E-state index contributed by atoms with van der Waals surface area (Å²) in [7, 11) is 0.0202. The molecule has 0 bridgehead atoms. The Morgan fingerprint density at radius 3 is 2.05 bits per heavy atom. The Kier molecular flexibility index (Phi) is 9.44. The van der Waals surface area contributed by atoms with E-state index in [0.717, 1.165) is 5.56 Å². The molecule has 1 amide bonds. The maximum Gasteiger partial charge on any atom is 0.331 e. The van der Waals surface area contributed by atoms with E-state index in [4.69, 9.17) is 14.2 Å². The van der Waals surface area contributed by atoms with E-state index in [1.54, 1.807) is 56.3 Å². The van der Waals surface area contributed by atoms with Crippen molar-refractivity contribution in [3.05, 3.63) is 82.9 Å². The van der Waals surface area contributed by atoms with Gasteiger partial charge in [0.05, 0.1) is 32.3 Å². The summed E-state index contributed by atoms with van der Waals surface area (Å²) >= 11 is 0. The van der Waals surface area contributed by atoms with Gasteiger partial charge in [-0.15, -0.1) is 0 Å². The van der Waals surface area contributed by atoms with Crippen LogP contribution in [0, 0.1) is 13.8 Å². The second-order valence-electron chi connectivity index (χ2n) is 9.42. The molecule has 11 heteroatoms. The Bertz CT molecular complexity index is 1470. The third-order valence-electron chi connectivity index (χ3n) is 6.68. The van der Waals surface area contributed by atoms with Crippen molar-refractivity contribution in [3.63, 3.8) is 0 Å². The Morgan fingerprint density at radius 2 is 1.52 bits per heavy atom. The van der Waals surface area contributed by atoms with Gasteiger partial charge in [-0.05, 0) is 55.7 Å². The van der Waals surface area contributed by atoms with Gasteiger partial charge in [0, 0.05) is 12.0 Å². The molecule has 3 aromatic carbocycles. The third kappa shape index (κ3) is 6.37. The van der Waals surface area contributed by atoms with Crippen molar-refractivity contribution < 1.29 is 37.3 Å². The number of carboxylic acids is 1. The van der Waals surface area contributed by atoms with Crippen molar-refractivity contribution in [1.82, 2.24) is 10.0 Å². The molecule has 10 nitrogen and oxygen atoms in total. The fourth-order valence-electron chi connectivity index (χ4n) is 4.42. The molecule has 3 N–H and O–H groups in total. The van der Waals surface area contributed by atoms with Crippen LogP contribution in [0.15, 0.2) is 65.6 Å². The van der Waals surface area contributed by atoms with Gasteiger partial charge in [-0.25, -0.2) is 17.9 Å². The minimum Gasteiger partial charge on any atom is -0.493 e. The number of aryl methyl sites for hydroxylation is 2. The summed E-state index contributed by atoms with van der Waals surface area (Å²) in [5, 5.41) is 13.2. The van der Waals surface area contributed by atoms with Gasteiger partial charge in [0.2, 0.25) is 15.8 Å². The molecule has 0 aromatic heterocycles. The monoisotopic (exact) mass is 570 g/mol. The number of amides is 1. The number of sulfonamides is 1. The molecule has 0 aliphatic rings. The quantitative estimate of drug-likeness (QED) is 0.301. The predicted octanol–water partition coefficient (Wildman–Crippen LogP) is 3.49. The zero-order valence-corrected chi connectivity index (χ0v) is 24.1. The number of aliphatic carboxylic acids is 1. The molecule has 214 valence electrons. The van der Waals surface area contributed by atoms with Crippen LogP contribution in [0.5, 0.6) is 17.2 Å². The van der Waals surface area contributed by atoms with Crippen LogP contribution in [0.3, 0.4) is 0 Å². The largest absolute Gasteiger partial charge is 0.493 e. The maximum atomic E-state index is 13.6. The Morgan fingerprint density at radius 1 is 0.925 bits per heavy atom. The van der Waals surface area contributed by atoms with Crippen LogP contribution in [-0.2, 0) is 21.2 Å². The number of hydrogen-bond donors (Lipinski definition) is 3. The van der Waals surface area contributed by atoms with Gasteiger partial charge in [-0.1, -0.05) is 42.5 Å². The van der Waals surface area contributed by atoms with Gasteiger partial charge in [0.25, 0.3) is 5.91 Å². The van der Waals surface area contributed by atoms with Gasteiger partial charge in [0.15, 0.2) is 17.0 Å². The molecule has 0 aliphatic heterocycles. The van der Waals surface area contributed by atoms with Gasteiger partial charge >= 0.3 is 5.97 Å². The van der Waals surface area contributed by atoms with Crippen molar-refractivity contribution in [2.75, 3.05) is 21.3 Å². The van der Waals surface area contributed by atoms with Crippen LogP contribution in [-0.4, -0.2) is 58.3 Å². The first-order chi connectivity index (χ1) is 18.9. The highest BCUT2D eigenvalue weighted by atomic mass is 32.2. The topological polar surface area (TPSA) is 140 Å². The maximum absolute atomic E-state index is 13.6. The third-order valence-corrected chi connectivity index (χ3v) is 8.36. The van der Waals surface area contributed by atoms with E-state index in [0.29, 0.717) is 11.1 Å². The van der Waals surface area contributed by atoms with Crippen LogP contribution >= 0.6 is 0 Å². The van der Waals surface area contributed by atoms with E-state index in [1.807, 2.05) is 0 Å². The molecule has 40 heavy (non-hydrogen) atoms. The van der Waals surface area contributed by atoms with Gasteiger partial charge in [-0.3, -0.25) is 4.79 Å². The molecule has 0 fully saturated rings. The highest BCUT2D eigenvalue weighted by Gasteiger charge is 2.47. The molecule has 0 aliphatic carbocycles. The molecule has 0 radical (unpaired) electrons. The van der Waals surface area contributed by atoms with Gasteiger partial charge in [0.1, 0.15) is 0 Å². The number of benzene rings is 3. The summed E-state index contributed by atoms with van der Waals surface area (Å²) in [5.74, 6) is -1.56. The number of hydrogen-bond acceptors (Lipinski definition) is 7. The number of ether oxygens (including phenoxy) is 3. The van der Waals surface area contributed by atoms with E-state index in [9.17, 15) is 23.1 Å². The molecule has 2 atom stereocenters. The lowest BCUT2D eigenvalue weighted by atomic mass is 9.84. The molecule has 0 heterocycles. The van der Waals surface area contributed by atoms with E-state index < -0.39 is 33.5 Å². The number of carbonyl (C=O) groups excluding carboxylic acids is 1. The minimum absolute atomic E-state index is 0.0225. The van der Waals surface area contributed by atoms with Crippen LogP contribution in [0.25, 0.3) is 0 Å². The van der Waals surface area contributed by atoms with E-state index in [2.05, 4.69) is 10.0 Å². The summed E-state index contributed by atoms with van der Waals surface area (Å²) < 4.78 is 45.4. The Balaban J connectivity index is 2.11. The molecule has 0 saturated carbocycles. The standard InChI is InChI=1S/C29H34N2O8S/c1-18-12-13-19(2)25(14-18)40(35,36)31-20(3)29(28(33)34,17-21-10-8-7-9-11-21)30-27(32)22-15-23(37-4)26(39-6)24(16-22)38-5/h7-16,20,31H,17H2,1-6H3,(H,30,32)(H,33,34)/t20-,29+/m1/s1. The van der Waals surface area contributed by atoms with E-state index in [1.165, 1.54) is 46.5 Å². The second kappa shape index (κ2) is 12.4. The first-order valence-electron chi connectivity index (χ1n) is 12.4. The molecule has 0 spiro atoms. The lowest BCUT2D eigenvalue weighted by Gasteiger charge is -2.36. The van der Waals surface area contributed by atoms with Gasteiger partial charge in [-0.2, -0.15) is 0 Å². The first-order valence-corrected chi connectivity index (χ1v) is 13.9. The summed E-state index contributed by atoms with van der Waals surface area (Å²) in [6, 6.07) is 15.1. The summed E-state index contributed by atoms with van der Waals surface area (Å²) in [5.41, 5.74) is -0.270. The second-order valence-corrected chi connectivity index (χ2v) is 11.1. The summed E-state index contributed by atoms with van der Waals surface area (Å²) in [4.78, 5) is 26.7. The van der Waals surface area contributed by atoms with Crippen LogP contribution < -0.4 is 24.2 Å². The fraction of sp³-hybridized carbons (Fsp3) is 0.310. The van der Waals surface area contributed by atoms with Crippen LogP contribution in [0.1, 0.15) is 34.0 Å². The zero-order chi connectivity index (χ0) is 29.7. The predicted molar refractivity (Wildman–Crippen MR) is 150 cm³/mol. The number of methoxy groups -OCH3 is 3. The first kappa shape index (κ1) is 30.5. The van der Waals surface area contributed by atoms with E-state index in [-0.39, 0.29) is 34.1 Å². The smallest absolute Gasteiger partial charge is 0.331 e. The van der Waals surface area contributed by atoms with Crippen molar-refractivity contribution >= 4 is 21.9 Å². The lowest BCUT2D eigenvalue weighted by molar-refractivity contribution is -0.145. The van der Waals surface area contributed by atoms with Crippen molar-refractivity contribution in [2.45, 2.75) is 43.7 Å². The lowest BCUT2D eigenvalue weighted by Crippen LogP contribution is -2.67. The number of rotatable bonds is 12. The van der Waals surface area contributed by atoms with Crippen LogP contribution in [0.4, 0.5) is 0 Å². The average Bonchev–Trinajstić information content (AvgIpc) is 2.92. The van der Waals surface area contributed by atoms with Crippen molar-refractivity contribution in [1.29, 1.82) is 0 Å². The summed E-state index contributed by atoms with van der Waals surface area (Å²) in [6.45, 7) is 4.82. The average molecular weight is 571 g/mol. The SMILES string of the molecule is COc1cc(C(=O)N[C@](Cc2ccccc2)(C(=O)O)[C@@H](C)NS(=O)(=O)c2cc(C)ccc2C)cc(OC)c1OC. The Labute approximate surface area is 234 Å². The molecule has 3 aromatic rings. The molecule has 3 rings (SSSR count). The Hall–Kier alpha value is -4.09. The van der Waals surface area contributed by atoms with Crippen molar-refractivity contribution in [3.8, 4) is 17.2 Å². The van der Waals surface area contributed by atoms with E-state index >= 15 is 0 Å². The normalized spacial score (nSPS) is 13.6. The molecular formula is C29H34N2O8S. The zero-order valence-electron chi connectivity index (χ0n) is 23.3. The minimum atomic E-state index is -4.17. The highest BCUT2D eigenvalue weighted by Crippen LogP contribution is 2.38. The van der Waals surface area contributed by atoms with Crippen molar-refractivity contribution in [2.24, 2.45) is 0 Å². The fourth-order valence-corrected chi connectivity index (χ4v) is 6.04. The highest BCUT2D eigenvalue weighted by molar-refractivity contribution is 7.89. The molecule has 0 saturated heterocycles. The van der Waals surface area contributed by atoms with Gasteiger partial charge < -0.3 is 24.6 Å². The summed E-state index contributed by atoms with van der Waals surface area (Å²) in [6.07, 6.45) is -0.212. The number of carboxylic acid groups (broad SMARTS) is 1. The van der Waals surface area contributed by atoms with Crippen LogP contribution in [0.2, 0.25) is 0 Å². The number of nitrogens with one attached hydrogen (secondary N) is 2.